The summed E-state index contributed by atoms with van der Waals surface area (Å²) < 4.78 is 63.3. The van der Waals surface area contributed by atoms with Gasteiger partial charge in [-0.05, 0) is 44.0 Å². The van der Waals surface area contributed by atoms with Gasteiger partial charge in [-0.2, -0.15) is 13.2 Å². The Hall–Kier alpha value is -1.17. The molecule has 1 rings (SSSR count). The van der Waals surface area contributed by atoms with Crippen molar-refractivity contribution in [2.24, 2.45) is 0 Å². The second-order valence-electron chi connectivity index (χ2n) is 4.68. The van der Waals surface area contributed by atoms with E-state index in [1.165, 1.54) is 0 Å². The summed E-state index contributed by atoms with van der Waals surface area (Å²) >= 11 is 0. The summed E-state index contributed by atoms with van der Waals surface area (Å²) in [5, 5.41) is 2.97. The van der Waals surface area contributed by atoms with Crippen molar-refractivity contribution < 1.29 is 22.0 Å². The Morgan fingerprint density at radius 1 is 1.20 bits per heavy atom. The molecule has 0 amide bonds. The molecule has 1 N–H and O–H groups in total. The van der Waals surface area contributed by atoms with Crippen LogP contribution in [-0.4, -0.2) is 12.7 Å². The number of alkyl halides is 3. The van der Waals surface area contributed by atoms with Crippen molar-refractivity contribution in [2.75, 3.05) is 6.54 Å². The molecule has 114 valence electrons. The van der Waals surface area contributed by atoms with Crippen LogP contribution < -0.4 is 5.32 Å². The van der Waals surface area contributed by atoms with Gasteiger partial charge >= 0.3 is 6.18 Å². The van der Waals surface area contributed by atoms with E-state index in [0.717, 1.165) is 24.6 Å². The van der Waals surface area contributed by atoms with Crippen molar-refractivity contribution >= 4 is 0 Å². The Balaban J connectivity index is 2.75. The van der Waals surface area contributed by atoms with Crippen molar-refractivity contribution in [2.45, 2.75) is 44.8 Å². The SMILES string of the molecule is CCCNC(CCCC(F)(F)F)c1cc(F)ccc1F. The first-order valence-electron chi connectivity index (χ1n) is 6.58. The highest BCUT2D eigenvalue weighted by Gasteiger charge is 2.27. The molecule has 0 aliphatic heterocycles. The number of hydrogen-bond donors (Lipinski definition) is 1. The molecule has 1 nitrogen and oxygen atoms in total. The van der Waals surface area contributed by atoms with Crippen LogP contribution in [0.4, 0.5) is 22.0 Å². The lowest BCUT2D eigenvalue weighted by atomic mass is 10.00. The van der Waals surface area contributed by atoms with Crippen LogP contribution >= 0.6 is 0 Å². The quantitative estimate of drug-likeness (QED) is 0.717. The predicted molar refractivity (Wildman–Crippen MR) is 67.3 cm³/mol. The molecule has 1 atom stereocenters. The Kier molecular flexibility index (Phi) is 6.39. The van der Waals surface area contributed by atoms with Gasteiger partial charge in [-0.1, -0.05) is 6.92 Å². The van der Waals surface area contributed by atoms with Gasteiger partial charge in [0.05, 0.1) is 0 Å². The molecular weight excluding hydrogens is 277 g/mol. The zero-order chi connectivity index (χ0) is 15.2. The average molecular weight is 295 g/mol. The van der Waals surface area contributed by atoms with Crippen LogP contribution in [0, 0.1) is 11.6 Å². The fourth-order valence-corrected chi connectivity index (χ4v) is 1.97. The van der Waals surface area contributed by atoms with Crippen LogP contribution in [-0.2, 0) is 0 Å². The van der Waals surface area contributed by atoms with Gasteiger partial charge in [0.1, 0.15) is 11.6 Å². The zero-order valence-corrected chi connectivity index (χ0v) is 11.2. The molecule has 0 bridgehead atoms. The maximum absolute atomic E-state index is 13.7. The zero-order valence-electron chi connectivity index (χ0n) is 11.2. The van der Waals surface area contributed by atoms with E-state index in [2.05, 4.69) is 5.32 Å². The van der Waals surface area contributed by atoms with Crippen molar-refractivity contribution in [1.82, 2.24) is 5.32 Å². The molecule has 0 aliphatic carbocycles. The normalized spacial score (nSPS) is 13.5. The number of hydrogen-bond acceptors (Lipinski definition) is 1. The van der Waals surface area contributed by atoms with Gasteiger partial charge in [0.2, 0.25) is 0 Å². The minimum absolute atomic E-state index is 0.0839. The smallest absolute Gasteiger partial charge is 0.310 e. The van der Waals surface area contributed by atoms with Crippen LogP contribution in [0.25, 0.3) is 0 Å². The second kappa shape index (κ2) is 7.57. The number of rotatable bonds is 7. The molecule has 0 fully saturated rings. The van der Waals surface area contributed by atoms with Gasteiger partial charge in [0.15, 0.2) is 0 Å². The predicted octanol–water partition coefficient (Wildman–Crippen LogP) is 4.74. The third-order valence-electron chi connectivity index (χ3n) is 2.93. The minimum atomic E-state index is -4.23. The van der Waals surface area contributed by atoms with E-state index in [1.807, 2.05) is 6.92 Å². The largest absolute Gasteiger partial charge is 0.389 e. The standard InChI is InChI=1S/C14H18F5N/c1-2-8-20-13(4-3-7-14(17,18)19)11-9-10(15)5-6-12(11)16/h5-6,9,13,20H,2-4,7-8H2,1H3. The van der Waals surface area contributed by atoms with Gasteiger partial charge in [0, 0.05) is 18.0 Å². The Morgan fingerprint density at radius 3 is 2.50 bits per heavy atom. The summed E-state index contributed by atoms with van der Waals surface area (Å²) in [5.41, 5.74) is 0.0839. The average Bonchev–Trinajstić information content (AvgIpc) is 2.35. The van der Waals surface area contributed by atoms with E-state index in [9.17, 15) is 22.0 Å². The fraction of sp³-hybridized carbons (Fsp3) is 0.571. The van der Waals surface area contributed by atoms with Crippen molar-refractivity contribution in [3.63, 3.8) is 0 Å². The summed E-state index contributed by atoms with van der Waals surface area (Å²) in [6.45, 7) is 2.42. The third-order valence-corrected chi connectivity index (χ3v) is 2.93. The Morgan fingerprint density at radius 2 is 1.90 bits per heavy atom. The van der Waals surface area contributed by atoms with Crippen LogP contribution in [0.15, 0.2) is 18.2 Å². The molecular formula is C14H18F5N. The van der Waals surface area contributed by atoms with Crippen molar-refractivity contribution in [3.05, 3.63) is 35.4 Å². The molecule has 0 radical (unpaired) electrons. The van der Waals surface area contributed by atoms with Crippen LogP contribution in [0.2, 0.25) is 0 Å². The van der Waals surface area contributed by atoms with E-state index in [4.69, 9.17) is 0 Å². The lowest BCUT2D eigenvalue weighted by molar-refractivity contribution is -0.135. The third kappa shape index (κ3) is 5.86. The minimum Gasteiger partial charge on any atom is -0.310 e. The maximum atomic E-state index is 13.7. The molecule has 1 aromatic rings. The van der Waals surface area contributed by atoms with E-state index >= 15 is 0 Å². The van der Waals surface area contributed by atoms with Crippen molar-refractivity contribution in [1.29, 1.82) is 0 Å². The van der Waals surface area contributed by atoms with Crippen LogP contribution in [0.3, 0.4) is 0 Å². The molecule has 0 spiro atoms. The maximum Gasteiger partial charge on any atom is 0.389 e. The summed E-state index contributed by atoms with van der Waals surface area (Å²) in [5.74, 6) is -1.20. The van der Waals surface area contributed by atoms with Crippen LogP contribution in [0.1, 0.15) is 44.2 Å². The van der Waals surface area contributed by atoms with Crippen LogP contribution in [0.5, 0.6) is 0 Å². The van der Waals surface area contributed by atoms with Gasteiger partial charge in [0.25, 0.3) is 0 Å². The van der Waals surface area contributed by atoms with Gasteiger partial charge in [-0.15, -0.1) is 0 Å². The first-order chi connectivity index (χ1) is 9.33. The highest BCUT2D eigenvalue weighted by atomic mass is 19.4. The van der Waals surface area contributed by atoms with Crippen molar-refractivity contribution in [3.8, 4) is 0 Å². The summed E-state index contributed by atoms with van der Waals surface area (Å²) in [7, 11) is 0. The van der Waals surface area contributed by atoms with Gasteiger partial charge < -0.3 is 5.32 Å². The highest BCUT2D eigenvalue weighted by molar-refractivity contribution is 5.22. The highest BCUT2D eigenvalue weighted by Crippen LogP contribution is 2.27. The molecule has 1 unspecified atom stereocenters. The first-order valence-corrected chi connectivity index (χ1v) is 6.58. The molecule has 20 heavy (non-hydrogen) atoms. The number of nitrogens with one attached hydrogen (secondary N) is 1. The summed E-state index contributed by atoms with van der Waals surface area (Å²) in [6.07, 6.45) is -4.41. The molecule has 0 saturated heterocycles. The molecule has 0 heterocycles. The van der Waals surface area contributed by atoms with Gasteiger partial charge in [-0.3, -0.25) is 0 Å². The summed E-state index contributed by atoms with van der Waals surface area (Å²) in [6, 6.07) is 2.42. The van der Waals surface area contributed by atoms with Gasteiger partial charge in [-0.25, -0.2) is 8.78 Å². The lowest BCUT2D eigenvalue weighted by Gasteiger charge is -2.20. The topological polar surface area (TPSA) is 12.0 Å². The Bertz CT molecular complexity index is 417. The fourth-order valence-electron chi connectivity index (χ4n) is 1.97. The monoisotopic (exact) mass is 295 g/mol. The number of halogens is 5. The van der Waals surface area contributed by atoms with E-state index < -0.39 is 30.3 Å². The Labute approximate surface area is 115 Å². The van der Waals surface area contributed by atoms with E-state index in [1.54, 1.807) is 0 Å². The molecule has 6 heteroatoms. The molecule has 0 aliphatic rings. The first kappa shape index (κ1) is 16.9. The summed E-state index contributed by atoms with van der Waals surface area (Å²) in [4.78, 5) is 0. The lowest BCUT2D eigenvalue weighted by Crippen LogP contribution is -2.24. The van der Waals surface area contributed by atoms with E-state index in [-0.39, 0.29) is 18.4 Å². The second-order valence-corrected chi connectivity index (χ2v) is 4.68. The molecule has 0 saturated carbocycles. The molecule has 1 aromatic carbocycles. The van der Waals surface area contributed by atoms with E-state index in [0.29, 0.717) is 6.54 Å². The molecule has 0 aromatic heterocycles. The number of benzene rings is 1.